The minimum atomic E-state index is -4.81. The van der Waals surface area contributed by atoms with E-state index in [2.05, 4.69) is 36.0 Å². The lowest BCUT2D eigenvalue weighted by molar-refractivity contribution is -0.208. The number of amides is 1. The van der Waals surface area contributed by atoms with Gasteiger partial charge in [-0.05, 0) is 35.0 Å². The number of nitrogens with zero attached hydrogens (tertiary/aromatic N) is 2. The van der Waals surface area contributed by atoms with Gasteiger partial charge in [0.15, 0.2) is 17.7 Å². The van der Waals surface area contributed by atoms with E-state index < -0.39 is 53.4 Å². The third-order valence-electron chi connectivity index (χ3n) is 4.46. The molecular formula is C18H13BrClF5N4O2. The number of carbonyl (C=O) groups is 1. The summed E-state index contributed by atoms with van der Waals surface area (Å²) in [7, 11) is 0. The maximum absolute atomic E-state index is 14.6. The molecule has 6 nitrogen and oxygen atoms in total. The van der Waals surface area contributed by atoms with Gasteiger partial charge in [0, 0.05) is 34.4 Å². The molecule has 0 fully saturated rings. The van der Waals surface area contributed by atoms with Crippen LogP contribution in [0.4, 0.5) is 27.6 Å². The Morgan fingerprint density at radius 1 is 1.35 bits per heavy atom. The largest absolute Gasteiger partial charge is 0.452 e. The Hall–Kier alpha value is -2.47. The quantitative estimate of drug-likeness (QED) is 0.555. The molecular weight excluding hydrogens is 515 g/mol. The Labute approximate surface area is 185 Å². The maximum atomic E-state index is 14.6. The van der Waals surface area contributed by atoms with Crippen molar-refractivity contribution in [2.45, 2.75) is 31.2 Å². The van der Waals surface area contributed by atoms with Crippen LogP contribution in [0.15, 0.2) is 33.9 Å². The number of pyridine rings is 1. The molecule has 0 saturated heterocycles. The van der Waals surface area contributed by atoms with Gasteiger partial charge in [0.25, 0.3) is 11.9 Å². The van der Waals surface area contributed by atoms with Gasteiger partial charge in [0.1, 0.15) is 5.69 Å². The Balaban J connectivity index is 1.99. The molecule has 2 heterocycles. The van der Waals surface area contributed by atoms with Crippen LogP contribution in [0.3, 0.4) is 0 Å². The molecule has 1 amide bonds. The zero-order chi connectivity index (χ0) is 23.1. The second kappa shape index (κ2) is 8.23. The first-order chi connectivity index (χ1) is 14.3. The number of nitrogens with one attached hydrogen (secondary N) is 1. The molecule has 2 aromatic rings. The van der Waals surface area contributed by atoms with Crippen molar-refractivity contribution in [2.75, 3.05) is 5.32 Å². The molecule has 31 heavy (non-hydrogen) atoms. The number of hydrogen-bond donors (Lipinski definition) is 2. The van der Waals surface area contributed by atoms with Gasteiger partial charge < -0.3 is 15.8 Å². The van der Waals surface area contributed by atoms with Gasteiger partial charge in [0.2, 0.25) is 0 Å². The number of alkyl halides is 3. The van der Waals surface area contributed by atoms with E-state index in [4.69, 9.17) is 17.3 Å². The van der Waals surface area contributed by atoms with E-state index in [0.717, 1.165) is 13.0 Å². The van der Waals surface area contributed by atoms with Gasteiger partial charge in [-0.3, -0.25) is 4.79 Å². The van der Waals surface area contributed by atoms with Crippen LogP contribution in [0, 0.1) is 11.6 Å². The molecule has 0 unspecified atom stereocenters. The predicted octanol–water partition coefficient (Wildman–Crippen LogP) is 4.91. The summed E-state index contributed by atoms with van der Waals surface area (Å²) in [4.78, 5) is 20.1. The number of anilines is 1. The molecule has 1 aromatic carbocycles. The Morgan fingerprint density at radius 3 is 2.65 bits per heavy atom. The predicted molar refractivity (Wildman–Crippen MR) is 106 cm³/mol. The lowest BCUT2D eigenvalue weighted by atomic mass is 9.85. The SMILES string of the molecule is C[C@]1(c2cc(NC(=O)c3ncc(Br)cc3Cl)cc(F)c2F)C[C@@H](C(F)(F)F)OC(N)=N1. The van der Waals surface area contributed by atoms with Gasteiger partial charge in [-0.25, -0.2) is 18.8 Å². The van der Waals surface area contributed by atoms with E-state index in [-0.39, 0.29) is 16.4 Å². The minimum absolute atomic E-state index is 0.0172. The molecule has 1 aliphatic rings. The van der Waals surface area contributed by atoms with Crippen molar-refractivity contribution in [2.24, 2.45) is 10.7 Å². The number of nitrogens with two attached hydrogens (primary N) is 1. The number of aromatic nitrogens is 1. The fourth-order valence-electron chi connectivity index (χ4n) is 3.04. The van der Waals surface area contributed by atoms with Gasteiger partial charge in [-0.1, -0.05) is 11.6 Å². The molecule has 166 valence electrons. The molecule has 0 saturated carbocycles. The summed E-state index contributed by atoms with van der Waals surface area (Å²) in [5, 5.41) is 2.28. The Morgan fingerprint density at radius 2 is 2.03 bits per heavy atom. The van der Waals surface area contributed by atoms with E-state index in [9.17, 15) is 26.7 Å². The monoisotopic (exact) mass is 526 g/mol. The topological polar surface area (TPSA) is 89.6 Å². The van der Waals surface area contributed by atoms with Crippen molar-refractivity contribution in [1.29, 1.82) is 0 Å². The van der Waals surface area contributed by atoms with Crippen molar-refractivity contribution >= 4 is 45.1 Å². The average molecular weight is 528 g/mol. The molecule has 1 aliphatic heterocycles. The number of ether oxygens (including phenoxy) is 1. The van der Waals surface area contributed by atoms with Crippen LogP contribution in [0.1, 0.15) is 29.4 Å². The molecule has 1 aromatic heterocycles. The Bertz CT molecular complexity index is 1080. The highest BCUT2D eigenvalue weighted by Crippen LogP contribution is 2.42. The van der Waals surface area contributed by atoms with Gasteiger partial charge in [-0.2, -0.15) is 13.2 Å². The average Bonchev–Trinajstić information content (AvgIpc) is 2.62. The summed E-state index contributed by atoms with van der Waals surface area (Å²) in [6.07, 6.45) is -6.74. The van der Waals surface area contributed by atoms with E-state index in [1.165, 1.54) is 12.3 Å². The highest BCUT2D eigenvalue weighted by Gasteiger charge is 2.50. The van der Waals surface area contributed by atoms with Crippen LogP contribution in [0.5, 0.6) is 0 Å². The number of carbonyl (C=O) groups excluding carboxylic acids is 1. The van der Waals surface area contributed by atoms with E-state index in [0.29, 0.717) is 10.5 Å². The molecule has 0 spiro atoms. The lowest BCUT2D eigenvalue weighted by Crippen LogP contribution is -2.46. The fraction of sp³-hybridized carbons (Fsp3) is 0.278. The smallest absolute Gasteiger partial charge is 0.425 e. The molecule has 3 rings (SSSR count). The minimum Gasteiger partial charge on any atom is -0.452 e. The fourth-order valence-corrected chi connectivity index (χ4v) is 3.76. The Kier molecular flexibility index (Phi) is 6.16. The molecule has 0 radical (unpaired) electrons. The standard InChI is InChI=1S/C18H13BrClF5N4O2/c1-17(5-12(18(23,24)25)31-16(26)29-17)9-3-8(4-11(21)13(9)22)28-15(30)14-10(20)2-7(19)6-27-14/h2-4,6,12H,5H2,1H3,(H2,26,29)(H,28,30)/t12-,17+/m0/s1. The summed E-state index contributed by atoms with van der Waals surface area (Å²) in [5.74, 6) is -3.69. The molecule has 3 N–H and O–H groups in total. The zero-order valence-corrected chi connectivity index (χ0v) is 17.9. The van der Waals surface area contributed by atoms with Gasteiger partial charge in [0.05, 0.1) is 10.6 Å². The molecule has 0 aliphatic carbocycles. The molecule has 13 heteroatoms. The van der Waals surface area contributed by atoms with Crippen LogP contribution in [0.2, 0.25) is 5.02 Å². The third kappa shape index (κ3) is 4.90. The third-order valence-corrected chi connectivity index (χ3v) is 5.18. The van der Waals surface area contributed by atoms with Gasteiger partial charge in [-0.15, -0.1) is 0 Å². The van der Waals surface area contributed by atoms with Crippen molar-refractivity contribution in [3.8, 4) is 0 Å². The number of benzene rings is 1. The summed E-state index contributed by atoms with van der Waals surface area (Å²) in [6.45, 7) is 1.15. The maximum Gasteiger partial charge on any atom is 0.425 e. The number of hydrogen-bond acceptors (Lipinski definition) is 5. The number of halogens is 7. The first-order valence-electron chi connectivity index (χ1n) is 8.51. The van der Waals surface area contributed by atoms with Crippen molar-refractivity contribution in [3.05, 3.63) is 56.8 Å². The summed E-state index contributed by atoms with van der Waals surface area (Å²) in [6, 6.07) is 2.22. The number of aliphatic imine (C=N–C) groups is 1. The highest BCUT2D eigenvalue weighted by molar-refractivity contribution is 9.10. The lowest BCUT2D eigenvalue weighted by Gasteiger charge is -2.36. The molecule has 0 bridgehead atoms. The van der Waals surface area contributed by atoms with Crippen molar-refractivity contribution < 1.29 is 31.5 Å². The zero-order valence-electron chi connectivity index (χ0n) is 15.5. The highest BCUT2D eigenvalue weighted by atomic mass is 79.9. The summed E-state index contributed by atoms with van der Waals surface area (Å²) in [5.41, 5.74) is 2.46. The van der Waals surface area contributed by atoms with E-state index in [1.807, 2.05) is 0 Å². The normalized spacial score (nSPS) is 21.3. The van der Waals surface area contributed by atoms with Crippen LogP contribution >= 0.6 is 27.5 Å². The van der Waals surface area contributed by atoms with Crippen LogP contribution in [0.25, 0.3) is 0 Å². The van der Waals surface area contributed by atoms with Crippen LogP contribution < -0.4 is 11.1 Å². The number of rotatable bonds is 3. The summed E-state index contributed by atoms with van der Waals surface area (Å²) >= 11 is 9.09. The van der Waals surface area contributed by atoms with Crippen molar-refractivity contribution in [3.63, 3.8) is 0 Å². The van der Waals surface area contributed by atoms with E-state index >= 15 is 0 Å². The first-order valence-corrected chi connectivity index (χ1v) is 9.68. The number of amidine groups is 1. The second-order valence-electron chi connectivity index (χ2n) is 6.83. The van der Waals surface area contributed by atoms with Gasteiger partial charge >= 0.3 is 6.18 Å². The van der Waals surface area contributed by atoms with Crippen molar-refractivity contribution in [1.82, 2.24) is 4.98 Å². The second-order valence-corrected chi connectivity index (χ2v) is 8.16. The summed E-state index contributed by atoms with van der Waals surface area (Å²) < 4.78 is 73.4. The van der Waals surface area contributed by atoms with Crippen LogP contribution in [-0.2, 0) is 10.3 Å². The molecule has 2 atom stereocenters. The first kappa shape index (κ1) is 23.2. The van der Waals surface area contributed by atoms with E-state index in [1.54, 1.807) is 0 Å². The van der Waals surface area contributed by atoms with Crippen LogP contribution in [-0.4, -0.2) is 29.2 Å².